The molecule has 2 atom stereocenters. The van der Waals surface area contributed by atoms with Gasteiger partial charge in [0.15, 0.2) is 5.72 Å². The Morgan fingerprint density at radius 3 is 2.60 bits per heavy atom. The topological polar surface area (TPSA) is 21.6 Å². The Morgan fingerprint density at radius 2 is 2.13 bits per heavy atom. The SMILES string of the molecule is COC1(C)N=C(C(F)(F)F)CC=CC1C. The van der Waals surface area contributed by atoms with Crippen molar-refractivity contribution in [2.45, 2.75) is 32.2 Å². The number of aliphatic imine (C=N–C) groups is 1. The summed E-state index contributed by atoms with van der Waals surface area (Å²) in [6.07, 6.45) is -1.38. The number of rotatable bonds is 1. The zero-order chi connectivity index (χ0) is 11.7. The molecule has 5 heteroatoms. The standard InChI is InChI=1S/C10H14F3NO/c1-7-5-4-6-8(10(11,12)13)14-9(7,2)15-3/h4-5,7H,6H2,1-3H3. The maximum Gasteiger partial charge on any atom is 0.429 e. The molecule has 15 heavy (non-hydrogen) atoms. The van der Waals surface area contributed by atoms with Crippen LogP contribution < -0.4 is 0 Å². The lowest BCUT2D eigenvalue weighted by atomic mass is 10.00. The number of hydrogen-bond acceptors (Lipinski definition) is 2. The van der Waals surface area contributed by atoms with Crippen molar-refractivity contribution in [3.8, 4) is 0 Å². The normalized spacial score (nSPS) is 32.4. The van der Waals surface area contributed by atoms with Crippen molar-refractivity contribution in [1.29, 1.82) is 0 Å². The summed E-state index contributed by atoms with van der Waals surface area (Å²) in [5, 5.41) is 0. The van der Waals surface area contributed by atoms with Crippen LogP contribution in [0.25, 0.3) is 0 Å². The van der Waals surface area contributed by atoms with E-state index < -0.39 is 17.6 Å². The van der Waals surface area contributed by atoms with Crippen LogP contribution in [0.4, 0.5) is 13.2 Å². The third-order valence-electron chi connectivity index (χ3n) is 2.68. The van der Waals surface area contributed by atoms with Crippen LogP contribution in [0, 0.1) is 5.92 Å². The molecule has 1 rings (SSSR count). The van der Waals surface area contributed by atoms with Crippen LogP contribution >= 0.6 is 0 Å². The summed E-state index contributed by atoms with van der Waals surface area (Å²) in [5.74, 6) is -0.178. The predicted octanol–water partition coefficient (Wildman–Crippen LogP) is 2.95. The van der Waals surface area contributed by atoms with Crippen LogP contribution in [0.2, 0.25) is 0 Å². The monoisotopic (exact) mass is 221 g/mol. The Balaban J connectivity index is 3.10. The number of methoxy groups -OCH3 is 1. The van der Waals surface area contributed by atoms with E-state index in [1.165, 1.54) is 13.2 Å². The molecular weight excluding hydrogens is 207 g/mol. The van der Waals surface area contributed by atoms with Crippen molar-refractivity contribution in [2.24, 2.45) is 10.9 Å². The van der Waals surface area contributed by atoms with Crippen LogP contribution in [0.3, 0.4) is 0 Å². The summed E-state index contributed by atoms with van der Waals surface area (Å²) >= 11 is 0. The van der Waals surface area contributed by atoms with Crippen LogP contribution in [0.1, 0.15) is 20.3 Å². The third kappa shape index (κ3) is 2.59. The third-order valence-corrected chi connectivity index (χ3v) is 2.68. The molecule has 0 aliphatic carbocycles. The van der Waals surface area contributed by atoms with Gasteiger partial charge in [0.05, 0.1) is 0 Å². The molecule has 2 nitrogen and oxygen atoms in total. The summed E-state index contributed by atoms with van der Waals surface area (Å²) < 4.78 is 42.6. The van der Waals surface area contributed by atoms with Crippen LogP contribution in [-0.4, -0.2) is 24.7 Å². The largest absolute Gasteiger partial charge is 0.429 e. The van der Waals surface area contributed by atoms with E-state index in [-0.39, 0.29) is 12.3 Å². The maximum atomic E-state index is 12.5. The van der Waals surface area contributed by atoms with Crippen molar-refractivity contribution in [2.75, 3.05) is 7.11 Å². The molecule has 0 bridgehead atoms. The molecule has 0 radical (unpaired) electrons. The van der Waals surface area contributed by atoms with Crippen LogP contribution in [0.15, 0.2) is 17.1 Å². The first-order chi connectivity index (χ1) is 6.79. The van der Waals surface area contributed by atoms with Crippen LogP contribution in [0.5, 0.6) is 0 Å². The van der Waals surface area contributed by atoms with E-state index in [9.17, 15) is 13.2 Å². The molecular formula is C10H14F3NO. The van der Waals surface area contributed by atoms with Gasteiger partial charge in [-0.15, -0.1) is 0 Å². The van der Waals surface area contributed by atoms with E-state index in [4.69, 9.17) is 4.74 Å². The zero-order valence-corrected chi connectivity index (χ0v) is 8.93. The minimum Gasteiger partial charge on any atom is -0.357 e. The molecule has 0 aromatic heterocycles. The first kappa shape index (κ1) is 12.2. The van der Waals surface area contributed by atoms with Gasteiger partial charge in [-0.1, -0.05) is 19.1 Å². The average Bonchev–Trinajstić information content (AvgIpc) is 2.27. The van der Waals surface area contributed by atoms with Gasteiger partial charge >= 0.3 is 6.18 Å². The molecule has 2 unspecified atom stereocenters. The van der Waals surface area contributed by atoms with Crippen molar-refractivity contribution in [3.63, 3.8) is 0 Å². The smallest absolute Gasteiger partial charge is 0.357 e. The van der Waals surface area contributed by atoms with Gasteiger partial charge in [-0.3, -0.25) is 0 Å². The van der Waals surface area contributed by atoms with Gasteiger partial charge in [0, 0.05) is 19.4 Å². The number of nitrogens with zero attached hydrogens (tertiary/aromatic N) is 1. The Bertz CT molecular complexity index is 296. The van der Waals surface area contributed by atoms with Gasteiger partial charge in [-0.25, -0.2) is 4.99 Å². The van der Waals surface area contributed by atoms with Crippen LogP contribution in [-0.2, 0) is 4.74 Å². The first-order valence-corrected chi connectivity index (χ1v) is 4.67. The highest BCUT2D eigenvalue weighted by Gasteiger charge is 2.40. The number of allylic oxidation sites excluding steroid dienone is 1. The fraction of sp³-hybridized carbons (Fsp3) is 0.700. The molecule has 1 heterocycles. The molecule has 86 valence electrons. The lowest BCUT2D eigenvalue weighted by Crippen LogP contribution is -2.35. The van der Waals surface area contributed by atoms with Crippen molar-refractivity contribution in [1.82, 2.24) is 0 Å². The molecule has 0 fully saturated rings. The van der Waals surface area contributed by atoms with Gasteiger partial charge in [-0.05, 0) is 6.92 Å². The highest BCUT2D eigenvalue weighted by Crippen LogP contribution is 2.31. The number of ether oxygens (including phenoxy) is 1. The van der Waals surface area contributed by atoms with Crippen molar-refractivity contribution < 1.29 is 17.9 Å². The summed E-state index contributed by atoms with van der Waals surface area (Å²) in [5.41, 5.74) is -1.91. The van der Waals surface area contributed by atoms with Crippen molar-refractivity contribution in [3.05, 3.63) is 12.2 Å². The highest BCUT2D eigenvalue weighted by molar-refractivity contribution is 5.91. The predicted molar refractivity (Wildman–Crippen MR) is 51.8 cm³/mol. The molecule has 0 amide bonds. The Morgan fingerprint density at radius 1 is 1.53 bits per heavy atom. The van der Waals surface area contributed by atoms with Gasteiger partial charge in [0.1, 0.15) is 5.71 Å². The van der Waals surface area contributed by atoms with Gasteiger partial charge < -0.3 is 4.74 Å². The lowest BCUT2D eigenvalue weighted by molar-refractivity contribution is -0.0658. The number of alkyl halides is 3. The van der Waals surface area contributed by atoms with Gasteiger partial charge in [0.2, 0.25) is 0 Å². The van der Waals surface area contributed by atoms with E-state index in [1.54, 1.807) is 19.9 Å². The molecule has 0 saturated heterocycles. The fourth-order valence-electron chi connectivity index (χ4n) is 1.39. The lowest BCUT2D eigenvalue weighted by Gasteiger charge is -2.28. The minimum absolute atomic E-state index is 0.178. The molecule has 1 aliphatic rings. The van der Waals surface area contributed by atoms with Gasteiger partial charge in [0.25, 0.3) is 0 Å². The quantitative estimate of drug-likeness (QED) is 0.624. The number of halogens is 3. The summed E-state index contributed by atoms with van der Waals surface area (Å²) in [7, 11) is 1.37. The summed E-state index contributed by atoms with van der Waals surface area (Å²) in [6.45, 7) is 3.34. The second-order valence-electron chi connectivity index (χ2n) is 3.74. The molecule has 0 aromatic rings. The van der Waals surface area contributed by atoms with E-state index in [0.717, 1.165) is 0 Å². The van der Waals surface area contributed by atoms with E-state index in [2.05, 4.69) is 4.99 Å². The molecule has 0 N–H and O–H groups in total. The van der Waals surface area contributed by atoms with Gasteiger partial charge in [-0.2, -0.15) is 13.2 Å². The van der Waals surface area contributed by atoms with E-state index >= 15 is 0 Å². The molecule has 0 aromatic carbocycles. The first-order valence-electron chi connectivity index (χ1n) is 4.67. The Kier molecular flexibility index (Phi) is 3.23. The van der Waals surface area contributed by atoms with E-state index in [1.807, 2.05) is 0 Å². The summed E-state index contributed by atoms with van der Waals surface area (Å²) in [4.78, 5) is 3.69. The summed E-state index contributed by atoms with van der Waals surface area (Å²) in [6, 6.07) is 0. The molecule has 1 aliphatic heterocycles. The fourth-order valence-corrected chi connectivity index (χ4v) is 1.39. The van der Waals surface area contributed by atoms with Crippen molar-refractivity contribution >= 4 is 5.71 Å². The maximum absolute atomic E-state index is 12.5. The Hall–Kier alpha value is -0.840. The van der Waals surface area contributed by atoms with E-state index in [0.29, 0.717) is 0 Å². The molecule has 0 spiro atoms. The average molecular weight is 221 g/mol. The zero-order valence-electron chi connectivity index (χ0n) is 8.93. The Labute approximate surface area is 86.8 Å². The highest BCUT2D eigenvalue weighted by atomic mass is 19.4. The number of hydrogen-bond donors (Lipinski definition) is 0. The molecule has 0 saturated carbocycles. The second-order valence-corrected chi connectivity index (χ2v) is 3.74. The minimum atomic E-state index is -4.38. The second kappa shape index (κ2) is 3.96.